The summed E-state index contributed by atoms with van der Waals surface area (Å²) in [5.41, 5.74) is -0.538. The van der Waals surface area contributed by atoms with Crippen LogP contribution in [-0.2, 0) is 6.54 Å². The molecule has 1 N–H and O–H groups in total. The molecular formula is C18H10BrF2N3O3. The van der Waals surface area contributed by atoms with Crippen LogP contribution in [0.5, 0.6) is 0 Å². The first kappa shape index (κ1) is 17.5. The topological polar surface area (TPSA) is 83.1 Å². The first-order valence-electron chi connectivity index (χ1n) is 7.82. The Balaban J connectivity index is 1.85. The molecule has 27 heavy (non-hydrogen) atoms. The molecule has 136 valence electrons. The van der Waals surface area contributed by atoms with Crippen LogP contribution in [0.1, 0.15) is 38.4 Å². The molecule has 2 aromatic carbocycles. The Morgan fingerprint density at radius 1 is 1.07 bits per heavy atom. The Kier molecular flexibility index (Phi) is 4.11. The van der Waals surface area contributed by atoms with Gasteiger partial charge in [0.15, 0.2) is 0 Å². The summed E-state index contributed by atoms with van der Waals surface area (Å²) in [5, 5.41) is 6.01. The van der Waals surface area contributed by atoms with Gasteiger partial charge in [-0.25, -0.2) is 13.9 Å². The number of halogens is 3. The molecular weight excluding hydrogens is 424 g/mol. The summed E-state index contributed by atoms with van der Waals surface area (Å²) in [4.78, 5) is 38.1. The third kappa shape index (κ3) is 2.74. The van der Waals surface area contributed by atoms with Gasteiger partial charge >= 0.3 is 0 Å². The molecule has 0 bridgehead atoms. The van der Waals surface area contributed by atoms with Gasteiger partial charge in [0.1, 0.15) is 0 Å². The molecule has 9 heteroatoms. The van der Waals surface area contributed by atoms with Gasteiger partial charge in [-0.05, 0) is 24.3 Å². The Morgan fingerprint density at radius 2 is 1.70 bits per heavy atom. The van der Waals surface area contributed by atoms with Crippen molar-refractivity contribution in [3.8, 4) is 0 Å². The lowest BCUT2D eigenvalue weighted by Crippen LogP contribution is -2.30. The van der Waals surface area contributed by atoms with Crippen LogP contribution in [-0.4, -0.2) is 26.9 Å². The number of rotatable bonds is 3. The number of carbonyl (C=O) groups is 2. The van der Waals surface area contributed by atoms with Gasteiger partial charge in [0.05, 0.1) is 28.8 Å². The van der Waals surface area contributed by atoms with Gasteiger partial charge in [-0.1, -0.05) is 28.1 Å². The quantitative estimate of drug-likeness (QED) is 0.641. The first-order valence-corrected chi connectivity index (χ1v) is 8.62. The summed E-state index contributed by atoms with van der Waals surface area (Å²) in [6.45, 7) is -0.251. The molecule has 0 saturated carbocycles. The van der Waals surface area contributed by atoms with Gasteiger partial charge in [-0.2, -0.15) is 5.10 Å². The number of imide groups is 1. The molecule has 1 aromatic heterocycles. The molecule has 0 radical (unpaired) electrons. The van der Waals surface area contributed by atoms with E-state index >= 15 is 0 Å². The normalized spacial score (nSPS) is 13.7. The van der Waals surface area contributed by atoms with E-state index in [1.807, 2.05) is 0 Å². The average Bonchev–Trinajstić information content (AvgIpc) is 2.88. The van der Waals surface area contributed by atoms with Crippen LogP contribution in [0.15, 0.2) is 45.7 Å². The maximum atomic E-state index is 13.4. The largest absolute Gasteiger partial charge is 0.272 e. The van der Waals surface area contributed by atoms with E-state index in [9.17, 15) is 23.2 Å². The molecule has 3 aromatic rings. The zero-order chi connectivity index (χ0) is 19.3. The lowest BCUT2D eigenvalue weighted by Gasteiger charge is -2.15. The van der Waals surface area contributed by atoms with E-state index in [2.05, 4.69) is 26.1 Å². The highest BCUT2D eigenvalue weighted by molar-refractivity contribution is 9.10. The molecule has 0 saturated heterocycles. The van der Waals surface area contributed by atoms with E-state index in [0.717, 1.165) is 11.0 Å². The SMILES string of the molecule is O=C1c2ccccc2C(=O)N1Cc1n[nH]c(=O)c2c(C(F)F)cc(Br)cc12. The molecule has 0 unspecified atom stereocenters. The van der Waals surface area contributed by atoms with E-state index in [0.29, 0.717) is 4.47 Å². The van der Waals surface area contributed by atoms with Crippen molar-refractivity contribution in [2.75, 3.05) is 0 Å². The predicted molar refractivity (Wildman–Crippen MR) is 95.7 cm³/mol. The van der Waals surface area contributed by atoms with E-state index in [1.54, 1.807) is 24.3 Å². The standard InChI is InChI=1S/C18H10BrF2N3O3/c19-8-5-11-13(22-23-16(25)14(11)12(6-8)15(20)21)7-24-17(26)9-3-1-2-4-10(9)18(24)27/h1-6,15H,7H2,(H,23,25). The molecule has 6 nitrogen and oxygen atoms in total. The number of amides is 2. The van der Waals surface area contributed by atoms with E-state index in [4.69, 9.17) is 0 Å². The number of hydrogen-bond donors (Lipinski definition) is 1. The molecule has 2 amide bonds. The van der Waals surface area contributed by atoms with Crippen LogP contribution in [0.3, 0.4) is 0 Å². The Bertz CT molecular complexity index is 1140. The van der Waals surface area contributed by atoms with Gasteiger partial charge in [0.25, 0.3) is 23.8 Å². The number of nitrogens with one attached hydrogen (secondary N) is 1. The highest BCUT2D eigenvalue weighted by Crippen LogP contribution is 2.31. The van der Waals surface area contributed by atoms with Crippen molar-refractivity contribution in [2.24, 2.45) is 0 Å². The second kappa shape index (κ2) is 6.34. The highest BCUT2D eigenvalue weighted by atomic mass is 79.9. The lowest BCUT2D eigenvalue weighted by atomic mass is 10.1. The van der Waals surface area contributed by atoms with Crippen molar-refractivity contribution in [1.29, 1.82) is 0 Å². The minimum Gasteiger partial charge on any atom is -0.269 e. The number of aromatic amines is 1. The van der Waals surface area contributed by atoms with E-state index < -0.39 is 29.4 Å². The number of benzene rings is 2. The zero-order valence-corrected chi connectivity index (χ0v) is 15.1. The molecule has 1 aliphatic heterocycles. The fraction of sp³-hybridized carbons (Fsp3) is 0.111. The lowest BCUT2D eigenvalue weighted by molar-refractivity contribution is 0.0640. The van der Waals surface area contributed by atoms with Crippen LogP contribution < -0.4 is 5.56 Å². The Morgan fingerprint density at radius 3 is 2.30 bits per heavy atom. The summed E-state index contributed by atoms with van der Waals surface area (Å²) < 4.78 is 27.1. The van der Waals surface area contributed by atoms with Crippen LogP contribution in [0.2, 0.25) is 0 Å². The number of fused-ring (bicyclic) bond motifs is 2. The zero-order valence-electron chi connectivity index (χ0n) is 13.5. The number of H-pyrrole nitrogens is 1. The van der Waals surface area contributed by atoms with Gasteiger partial charge in [0, 0.05) is 15.4 Å². The minimum absolute atomic E-state index is 0.141. The fourth-order valence-corrected chi connectivity index (χ4v) is 3.64. The molecule has 0 aliphatic carbocycles. The maximum Gasteiger partial charge on any atom is 0.272 e. The van der Waals surface area contributed by atoms with Crippen LogP contribution >= 0.6 is 15.9 Å². The fourth-order valence-electron chi connectivity index (χ4n) is 3.17. The summed E-state index contributed by atoms with van der Waals surface area (Å²) in [7, 11) is 0. The minimum atomic E-state index is -2.87. The summed E-state index contributed by atoms with van der Waals surface area (Å²) in [5.74, 6) is -0.998. The van der Waals surface area contributed by atoms with Crippen LogP contribution in [0.25, 0.3) is 10.8 Å². The third-order valence-corrected chi connectivity index (χ3v) is 4.84. The molecule has 0 fully saturated rings. The summed E-state index contributed by atoms with van der Waals surface area (Å²) in [6, 6.07) is 9.00. The van der Waals surface area contributed by atoms with Crippen molar-refractivity contribution < 1.29 is 18.4 Å². The van der Waals surface area contributed by atoms with Gasteiger partial charge in [-0.3, -0.25) is 19.3 Å². The van der Waals surface area contributed by atoms with Crippen molar-refractivity contribution in [3.63, 3.8) is 0 Å². The van der Waals surface area contributed by atoms with E-state index in [1.165, 1.54) is 6.07 Å². The Labute approximate surface area is 158 Å². The highest BCUT2D eigenvalue weighted by Gasteiger charge is 2.35. The summed E-state index contributed by atoms with van der Waals surface area (Å²) >= 11 is 3.15. The summed E-state index contributed by atoms with van der Waals surface area (Å²) in [6.07, 6.45) is -2.87. The molecule has 4 rings (SSSR count). The second-order valence-corrected chi connectivity index (χ2v) is 6.88. The van der Waals surface area contributed by atoms with Crippen LogP contribution in [0.4, 0.5) is 8.78 Å². The number of hydrogen-bond acceptors (Lipinski definition) is 4. The molecule has 0 spiro atoms. The number of alkyl halides is 2. The molecule has 2 heterocycles. The number of carbonyl (C=O) groups excluding carboxylic acids is 2. The van der Waals surface area contributed by atoms with Crippen LogP contribution in [0, 0.1) is 0 Å². The van der Waals surface area contributed by atoms with Crippen molar-refractivity contribution in [1.82, 2.24) is 15.1 Å². The predicted octanol–water partition coefficient (Wildman–Crippen LogP) is 3.42. The van der Waals surface area contributed by atoms with Gasteiger partial charge in [0.2, 0.25) is 0 Å². The van der Waals surface area contributed by atoms with Gasteiger partial charge in [-0.15, -0.1) is 0 Å². The maximum absolute atomic E-state index is 13.4. The van der Waals surface area contributed by atoms with Crippen molar-refractivity contribution >= 4 is 38.5 Å². The number of aromatic nitrogens is 2. The monoisotopic (exact) mass is 433 g/mol. The van der Waals surface area contributed by atoms with Gasteiger partial charge < -0.3 is 0 Å². The first-order chi connectivity index (χ1) is 12.9. The average molecular weight is 434 g/mol. The van der Waals surface area contributed by atoms with Crippen molar-refractivity contribution in [2.45, 2.75) is 13.0 Å². The molecule has 0 atom stereocenters. The molecule has 1 aliphatic rings. The third-order valence-electron chi connectivity index (χ3n) is 4.39. The van der Waals surface area contributed by atoms with E-state index in [-0.39, 0.29) is 34.1 Å². The Hall–Kier alpha value is -2.94. The number of nitrogens with zero attached hydrogens (tertiary/aromatic N) is 2. The van der Waals surface area contributed by atoms with Crippen molar-refractivity contribution in [3.05, 3.63) is 73.6 Å². The second-order valence-electron chi connectivity index (χ2n) is 5.96. The smallest absolute Gasteiger partial charge is 0.269 e.